The van der Waals surface area contributed by atoms with Crippen LogP contribution in [0.2, 0.25) is 0 Å². The van der Waals surface area contributed by atoms with E-state index < -0.39 is 0 Å². The van der Waals surface area contributed by atoms with Gasteiger partial charge in [0.05, 0.1) is 17.8 Å². The molecule has 0 aliphatic heterocycles. The van der Waals surface area contributed by atoms with Crippen molar-refractivity contribution in [1.29, 1.82) is 0 Å². The molecule has 0 aromatic carbocycles. The Balaban J connectivity index is 1.95. The Morgan fingerprint density at radius 3 is 2.87 bits per heavy atom. The normalized spacial score (nSPS) is 11.3. The lowest BCUT2D eigenvalue weighted by Crippen LogP contribution is -2.19. The van der Waals surface area contributed by atoms with E-state index in [9.17, 15) is 4.79 Å². The number of ether oxygens (including phenoxy) is 1. The maximum atomic E-state index is 12.6. The van der Waals surface area contributed by atoms with Crippen molar-refractivity contribution in [2.45, 2.75) is 13.5 Å². The second-order valence-electron chi connectivity index (χ2n) is 5.22. The van der Waals surface area contributed by atoms with Crippen molar-refractivity contribution in [3.8, 4) is 0 Å². The fourth-order valence-electron chi connectivity index (χ4n) is 2.53. The van der Waals surface area contributed by atoms with Gasteiger partial charge in [0.25, 0.3) is 5.91 Å². The predicted octanol–water partition coefficient (Wildman–Crippen LogP) is 2.94. The number of nitrogens with zero attached hydrogens (tertiary/aromatic N) is 3. The van der Waals surface area contributed by atoms with Crippen LogP contribution >= 0.6 is 15.9 Å². The molecule has 1 N–H and O–H groups in total. The number of nitrogens with one attached hydrogen (secondary N) is 1. The highest BCUT2D eigenvalue weighted by Crippen LogP contribution is 2.27. The summed E-state index contributed by atoms with van der Waals surface area (Å²) in [6.07, 6.45) is 0. The number of fused-ring (bicyclic) bond motifs is 1. The molecular formula is C15H17BrN4O3. The summed E-state index contributed by atoms with van der Waals surface area (Å²) in [7, 11) is 3.42. The molecule has 0 radical (unpaired) electrons. The zero-order valence-corrected chi connectivity index (χ0v) is 14.7. The number of anilines is 1. The predicted molar refractivity (Wildman–Crippen MR) is 89.7 cm³/mol. The van der Waals surface area contributed by atoms with Gasteiger partial charge in [0.1, 0.15) is 11.5 Å². The molecule has 122 valence electrons. The van der Waals surface area contributed by atoms with Crippen LogP contribution < -0.4 is 5.32 Å². The number of amides is 1. The van der Waals surface area contributed by atoms with Crippen LogP contribution in [0, 0.1) is 6.92 Å². The van der Waals surface area contributed by atoms with Crippen LogP contribution in [0.1, 0.15) is 16.2 Å². The van der Waals surface area contributed by atoms with Gasteiger partial charge in [-0.2, -0.15) is 5.10 Å². The van der Waals surface area contributed by atoms with Gasteiger partial charge in [-0.1, -0.05) is 0 Å². The number of aryl methyl sites for hydroxylation is 2. The lowest BCUT2D eigenvalue weighted by Gasteiger charge is -2.10. The minimum atomic E-state index is -0.216. The Bertz CT molecular complexity index is 862. The topological polar surface area (TPSA) is 74.2 Å². The first-order valence-corrected chi connectivity index (χ1v) is 7.88. The lowest BCUT2D eigenvalue weighted by atomic mass is 10.3. The quantitative estimate of drug-likeness (QED) is 0.738. The molecule has 0 aliphatic rings. The van der Waals surface area contributed by atoms with E-state index >= 15 is 0 Å². The third-order valence-electron chi connectivity index (χ3n) is 3.55. The first-order valence-electron chi connectivity index (χ1n) is 7.09. The Morgan fingerprint density at radius 1 is 1.43 bits per heavy atom. The van der Waals surface area contributed by atoms with E-state index in [4.69, 9.17) is 9.15 Å². The number of halogens is 1. The first kappa shape index (κ1) is 15.8. The molecule has 1 amide bonds. The summed E-state index contributed by atoms with van der Waals surface area (Å²) in [5, 5.41) is 7.10. The second-order valence-corrected chi connectivity index (χ2v) is 6.00. The average Bonchev–Trinajstić information content (AvgIpc) is 3.09. The van der Waals surface area contributed by atoms with Crippen LogP contribution in [0.25, 0.3) is 11.1 Å². The van der Waals surface area contributed by atoms with E-state index in [1.54, 1.807) is 24.9 Å². The van der Waals surface area contributed by atoms with Crippen LogP contribution in [0.4, 0.5) is 5.82 Å². The molecule has 0 bridgehead atoms. The standard InChI is InChI=1S/C15H17BrN4O3/c1-9-6-14(19(2)18-9)17-15(21)11-7-12-10(8-13(16)23-12)20(11)4-5-22-3/h6-8H,4-5H2,1-3H3,(H,17,21). The van der Waals surface area contributed by atoms with Crippen molar-refractivity contribution >= 4 is 38.8 Å². The summed E-state index contributed by atoms with van der Waals surface area (Å²) in [4.78, 5) is 12.6. The van der Waals surface area contributed by atoms with Crippen LogP contribution in [0.5, 0.6) is 0 Å². The molecule has 0 fully saturated rings. The molecule has 0 saturated carbocycles. The fraction of sp³-hybridized carbons (Fsp3) is 0.333. The van der Waals surface area contributed by atoms with Crippen LogP contribution in [-0.4, -0.2) is 34.0 Å². The molecular weight excluding hydrogens is 364 g/mol. The monoisotopic (exact) mass is 380 g/mol. The van der Waals surface area contributed by atoms with Crippen LogP contribution in [-0.2, 0) is 18.3 Å². The molecule has 0 atom stereocenters. The van der Waals surface area contributed by atoms with E-state index in [1.165, 1.54) is 0 Å². The van der Waals surface area contributed by atoms with Crippen molar-refractivity contribution in [1.82, 2.24) is 14.3 Å². The number of carbonyl (C=O) groups is 1. The lowest BCUT2D eigenvalue weighted by molar-refractivity contribution is 0.101. The number of rotatable bonds is 5. The SMILES string of the molecule is COCCn1c(C(=O)Nc2cc(C)nn2C)cc2oc(Br)cc21. The number of aromatic nitrogens is 3. The molecule has 0 aliphatic carbocycles. The van der Waals surface area contributed by atoms with E-state index in [2.05, 4.69) is 26.3 Å². The Kier molecular flexibility index (Phi) is 4.27. The summed E-state index contributed by atoms with van der Waals surface area (Å²) in [5.74, 6) is 0.427. The maximum absolute atomic E-state index is 12.6. The number of furan rings is 1. The fourth-order valence-corrected chi connectivity index (χ4v) is 2.92. The summed E-state index contributed by atoms with van der Waals surface area (Å²) in [6, 6.07) is 5.39. The number of carbonyl (C=O) groups excluding carboxylic acids is 1. The van der Waals surface area contributed by atoms with Crippen molar-refractivity contribution in [3.63, 3.8) is 0 Å². The summed E-state index contributed by atoms with van der Waals surface area (Å²) >= 11 is 3.31. The minimum absolute atomic E-state index is 0.216. The number of hydrogen-bond donors (Lipinski definition) is 1. The van der Waals surface area contributed by atoms with Crippen molar-refractivity contribution in [2.75, 3.05) is 19.0 Å². The maximum Gasteiger partial charge on any atom is 0.273 e. The van der Waals surface area contributed by atoms with Gasteiger partial charge in [-0.3, -0.25) is 9.48 Å². The molecule has 0 unspecified atom stereocenters. The molecule has 0 spiro atoms. The molecule has 3 aromatic heterocycles. The largest absolute Gasteiger partial charge is 0.448 e. The summed E-state index contributed by atoms with van der Waals surface area (Å²) < 4.78 is 14.8. The molecule has 7 nitrogen and oxygen atoms in total. The summed E-state index contributed by atoms with van der Waals surface area (Å²) in [5.41, 5.74) is 2.86. The van der Waals surface area contributed by atoms with E-state index in [1.807, 2.05) is 23.6 Å². The van der Waals surface area contributed by atoms with Gasteiger partial charge in [-0.25, -0.2) is 0 Å². The zero-order chi connectivity index (χ0) is 16.6. The number of methoxy groups -OCH3 is 1. The van der Waals surface area contributed by atoms with E-state index in [0.29, 0.717) is 34.9 Å². The van der Waals surface area contributed by atoms with E-state index in [-0.39, 0.29) is 5.91 Å². The van der Waals surface area contributed by atoms with Crippen LogP contribution in [0.3, 0.4) is 0 Å². The van der Waals surface area contributed by atoms with Gasteiger partial charge in [0, 0.05) is 38.9 Å². The van der Waals surface area contributed by atoms with Gasteiger partial charge in [0.15, 0.2) is 10.3 Å². The van der Waals surface area contributed by atoms with Gasteiger partial charge < -0.3 is 19.0 Å². The van der Waals surface area contributed by atoms with Crippen molar-refractivity contribution < 1.29 is 13.9 Å². The highest BCUT2D eigenvalue weighted by molar-refractivity contribution is 9.10. The average molecular weight is 381 g/mol. The highest BCUT2D eigenvalue weighted by Gasteiger charge is 2.19. The first-order chi connectivity index (χ1) is 11.0. The van der Waals surface area contributed by atoms with Gasteiger partial charge >= 0.3 is 0 Å². The van der Waals surface area contributed by atoms with Crippen LogP contribution in [0.15, 0.2) is 27.3 Å². The summed E-state index contributed by atoms with van der Waals surface area (Å²) in [6.45, 7) is 2.93. The minimum Gasteiger partial charge on any atom is -0.448 e. The van der Waals surface area contributed by atoms with Gasteiger partial charge in [-0.05, 0) is 22.9 Å². The molecule has 23 heavy (non-hydrogen) atoms. The highest BCUT2D eigenvalue weighted by atomic mass is 79.9. The molecule has 3 aromatic rings. The number of hydrogen-bond acceptors (Lipinski definition) is 4. The van der Waals surface area contributed by atoms with E-state index in [0.717, 1.165) is 11.2 Å². The smallest absolute Gasteiger partial charge is 0.273 e. The van der Waals surface area contributed by atoms with Crippen molar-refractivity contribution in [3.05, 3.63) is 34.3 Å². The Morgan fingerprint density at radius 2 is 2.22 bits per heavy atom. The third-order valence-corrected chi connectivity index (χ3v) is 3.95. The third kappa shape index (κ3) is 3.04. The second kappa shape index (κ2) is 6.21. The Hall–Kier alpha value is -2.06. The molecule has 0 saturated heterocycles. The van der Waals surface area contributed by atoms with Gasteiger partial charge in [0.2, 0.25) is 0 Å². The molecule has 3 heterocycles. The van der Waals surface area contributed by atoms with Crippen molar-refractivity contribution in [2.24, 2.45) is 7.05 Å². The van der Waals surface area contributed by atoms with Gasteiger partial charge in [-0.15, -0.1) is 0 Å². The molecule has 8 heteroatoms. The molecule has 3 rings (SSSR count). The Labute approximate surface area is 141 Å². The zero-order valence-electron chi connectivity index (χ0n) is 13.1.